The first-order chi connectivity index (χ1) is 30.7. The number of hydrogen-bond acceptors (Lipinski definition) is 13. The summed E-state index contributed by atoms with van der Waals surface area (Å²) < 4.78 is 33.6. The lowest BCUT2D eigenvalue weighted by Gasteiger charge is -2.44. The van der Waals surface area contributed by atoms with Crippen molar-refractivity contribution in [3.05, 3.63) is 98.8 Å². The predicted molar refractivity (Wildman–Crippen MR) is 253 cm³/mol. The Morgan fingerprint density at radius 2 is 1.41 bits per heavy atom. The van der Waals surface area contributed by atoms with Gasteiger partial charge < -0.3 is 54.3 Å². The topological polar surface area (TPSA) is 238 Å². The maximum absolute atomic E-state index is 14.5. The van der Waals surface area contributed by atoms with Crippen molar-refractivity contribution in [3.8, 4) is 5.75 Å². The molecule has 18 nitrogen and oxygen atoms in total. The molecule has 1 aromatic heterocycles. The molecule has 2 heterocycles. The van der Waals surface area contributed by atoms with E-state index < -0.39 is 94.7 Å². The first-order valence-corrected chi connectivity index (χ1v) is 28.0. The molecule has 2 aromatic carbocycles. The summed E-state index contributed by atoms with van der Waals surface area (Å²) >= 11 is 0. The Hall–Kier alpha value is -4.68. The standard InChI is InChI=1S/C46H71N5O13Si2/c1-29(52)34(49-43(58)61-28-31-17-14-13-15-18-31)40(55)48-25-16-24-47-35(42(56)57)36(54)37-38(63-65(9,10)45(2,3)4)39(64-66(11,12)46(5,6)7)41(62-37)50-26-23-33(53)51(44(50)59)27-30-19-21-32(60-8)22-20-30/h13-15,17-23,26,29,34-39,41,47,52,54H,16,24-25,27-28H2,1-12H3,(H,48,55)(H,49,58)(H,56,57)/t29-,34-,35-,36-,37?,38+,39+,41+/m0/s1. The largest absolute Gasteiger partial charge is 0.497 e. The molecule has 4 rings (SSSR count). The lowest BCUT2D eigenvalue weighted by atomic mass is 9.99. The van der Waals surface area contributed by atoms with Gasteiger partial charge in [0.25, 0.3) is 5.56 Å². The summed E-state index contributed by atoms with van der Waals surface area (Å²) in [7, 11) is -3.98. The summed E-state index contributed by atoms with van der Waals surface area (Å²) in [6, 6.07) is 14.2. The van der Waals surface area contributed by atoms with Crippen molar-refractivity contribution in [1.82, 2.24) is 25.1 Å². The highest BCUT2D eigenvalue weighted by Gasteiger charge is 2.57. The maximum Gasteiger partial charge on any atom is 0.408 e. The molecule has 1 aliphatic heterocycles. The average Bonchev–Trinajstić information content (AvgIpc) is 3.56. The first kappa shape index (κ1) is 53.9. The molecule has 0 aliphatic carbocycles. The van der Waals surface area contributed by atoms with Crippen LogP contribution >= 0.6 is 0 Å². The molecule has 66 heavy (non-hydrogen) atoms. The van der Waals surface area contributed by atoms with Gasteiger partial charge in [-0.05, 0) is 79.4 Å². The van der Waals surface area contributed by atoms with Crippen LogP contribution in [0.1, 0.15) is 72.2 Å². The van der Waals surface area contributed by atoms with E-state index in [1.807, 2.05) is 53.0 Å². The van der Waals surface area contributed by atoms with E-state index in [-0.39, 0.29) is 42.7 Å². The number of benzene rings is 2. The summed E-state index contributed by atoms with van der Waals surface area (Å²) in [5.74, 6) is -1.48. The van der Waals surface area contributed by atoms with Crippen LogP contribution in [-0.2, 0) is 41.1 Å². The van der Waals surface area contributed by atoms with Gasteiger partial charge in [-0.2, -0.15) is 0 Å². The Morgan fingerprint density at radius 3 is 1.95 bits per heavy atom. The fraction of sp³-hybridized carbons (Fsp3) is 0.587. The van der Waals surface area contributed by atoms with Crippen molar-refractivity contribution in [3.63, 3.8) is 0 Å². The van der Waals surface area contributed by atoms with Crippen LogP contribution < -0.4 is 31.9 Å². The van der Waals surface area contributed by atoms with Crippen LogP contribution in [0, 0.1) is 0 Å². The third-order valence-corrected chi connectivity index (χ3v) is 21.7. The Balaban J connectivity index is 1.61. The van der Waals surface area contributed by atoms with Crippen molar-refractivity contribution < 1.29 is 52.8 Å². The van der Waals surface area contributed by atoms with Gasteiger partial charge in [0.05, 0.1) is 19.8 Å². The summed E-state index contributed by atoms with van der Waals surface area (Å²) in [6.45, 7) is 21.6. The molecule has 0 spiro atoms. The second-order valence-electron chi connectivity index (χ2n) is 19.8. The minimum absolute atomic E-state index is 0.00885. The number of carbonyl (C=O) groups excluding carboxylic acids is 2. The first-order valence-electron chi connectivity index (χ1n) is 22.2. The van der Waals surface area contributed by atoms with Crippen molar-refractivity contribution in [1.29, 1.82) is 0 Å². The number of nitrogens with one attached hydrogen (secondary N) is 3. The maximum atomic E-state index is 14.5. The molecule has 2 amide bonds. The molecule has 366 valence electrons. The molecule has 6 N–H and O–H groups in total. The van der Waals surface area contributed by atoms with Crippen molar-refractivity contribution in [2.75, 3.05) is 20.2 Å². The molecule has 1 fully saturated rings. The van der Waals surface area contributed by atoms with Gasteiger partial charge in [-0.15, -0.1) is 0 Å². The van der Waals surface area contributed by atoms with Crippen LogP contribution in [0.3, 0.4) is 0 Å². The van der Waals surface area contributed by atoms with Crippen LogP contribution in [-0.4, -0.2) is 122 Å². The molecule has 1 saturated heterocycles. The van der Waals surface area contributed by atoms with Gasteiger partial charge in [0.1, 0.15) is 48.9 Å². The van der Waals surface area contributed by atoms with E-state index >= 15 is 0 Å². The summed E-state index contributed by atoms with van der Waals surface area (Å²) in [5.41, 5.74) is 0.138. The number of methoxy groups -OCH3 is 1. The second-order valence-corrected chi connectivity index (χ2v) is 29.3. The number of ether oxygens (including phenoxy) is 3. The van der Waals surface area contributed by atoms with Crippen LogP contribution in [0.2, 0.25) is 36.3 Å². The zero-order chi connectivity index (χ0) is 49.4. The molecule has 3 aromatic rings. The minimum Gasteiger partial charge on any atom is -0.497 e. The fourth-order valence-electron chi connectivity index (χ4n) is 6.75. The van der Waals surface area contributed by atoms with Crippen molar-refractivity contribution in [2.24, 2.45) is 0 Å². The van der Waals surface area contributed by atoms with E-state index in [1.165, 1.54) is 30.9 Å². The number of carbonyl (C=O) groups is 3. The summed E-state index contributed by atoms with van der Waals surface area (Å²) in [5, 5.41) is 40.3. The SMILES string of the molecule is COc1ccc(Cn2c(=O)ccn([C@@H]3OC([C@@H](O)[C@H](NCCCNC(=O)[C@@H](NC(=O)OCc4ccccc4)[C@H](C)O)C(=O)O)[C@@H](O[Si](C)(C)C(C)(C)C)[C@H]3O[Si](C)(C)C(C)(C)C)c2=O)cc1. The summed E-state index contributed by atoms with van der Waals surface area (Å²) in [6.07, 6.45) is -7.19. The molecule has 1 unspecified atom stereocenters. The number of aliphatic hydroxyl groups is 2. The third-order valence-electron chi connectivity index (χ3n) is 12.8. The van der Waals surface area contributed by atoms with Gasteiger partial charge in [0, 0.05) is 18.8 Å². The lowest BCUT2D eigenvalue weighted by molar-refractivity contribution is -0.149. The highest BCUT2D eigenvalue weighted by atomic mass is 28.4. The van der Waals surface area contributed by atoms with Gasteiger partial charge in [0.2, 0.25) is 5.91 Å². The zero-order valence-corrected chi connectivity index (χ0v) is 42.3. The van der Waals surface area contributed by atoms with Gasteiger partial charge in [-0.1, -0.05) is 84.0 Å². The second kappa shape index (κ2) is 22.4. The number of aliphatic carboxylic acids is 1. The highest BCUT2D eigenvalue weighted by Crippen LogP contribution is 2.46. The van der Waals surface area contributed by atoms with Crippen LogP contribution in [0.15, 0.2) is 76.4 Å². The molecular weight excluding hydrogens is 887 g/mol. The number of amides is 2. The minimum atomic E-state index is -2.77. The van der Waals surface area contributed by atoms with Crippen molar-refractivity contribution in [2.45, 2.75) is 153 Å². The fourth-order valence-corrected chi connectivity index (χ4v) is 9.34. The Bertz CT molecular complexity index is 2200. The predicted octanol–water partition coefficient (Wildman–Crippen LogP) is 4.33. The van der Waals surface area contributed by atoms with E-state index in [2.05, 4.69) is 36.7 Å². The Labute approximate surface area is 389 Å². The Morgan fingerprint density at radius 1 is 0.818 bits per heavy atom. The van der Waals surface area contributed by atoms with E-state index in [0.29, 0.717) is 11.3 Å². The van der Waals surface area contributed by atoms with Gasteiger partial charge >= 0.3 is 17.8 Å². The monoisotopic (exact) mass is 957 g/mol. The highest BCUT2D eigenvalue weighted by molar-refractivity contribution is 6.74. The van der Waals surface area contributed by atoms with Gasteiger partial charge in [-0.3, -0.25) is 23.5 Å². The van der Waals surface area contributed by atoms with Gasteiger partial charge in [-0.25, -0.2) is 9.59 Å². The molecule has 0 saturated carbocycles. The number of nitrogens with zero attached hydrogens (tertiary/aromatic N) is 2. The number of aliphatic hydroxyl groups excluding tert-OH is 2. The normalized spacial score (nSPS) is 19.9. The lowest BCUT2D eigenvalue weighted by Crippen LogP contribution is -2.59. The molecule has 0 radical (unpaired) electrons. The number of aromatic nitrogens is 2. The van der Waals surface area contributed by atoms with E-state index in [0.717, 1.165) is 10.1 Å². The quantitative estimate of drug-likeness (QED) is 0.0644. The number of carboxylic acids is 1. The molecular formula is C46H71N5O13Si2. The van der Waals surface area contributed by atoms with Crippen LogP contribution in [0.5, 0.6) is 5.75 Å². The number of hydrogen-bond donors (Lipinski definition) is 6. The average molecular weight is 958 g/mol. The van der Waals surface area contributed by atoms with Crippen molar-refractivity contribution >= 4 is 34.6 Å². The zero-order valence-electron chi connectivity index (χ0n) is 40.3. The summed E-state index contributed by atoms with van der Waals surface area (Å²) in [4.78, 5) is 66.3. The molecule has 20 heteroatoms. The molecule has 8 atom stereocenters. The van der Waals surface area contributed by atoms with E-state index in [9.17, 15) is 39.3 Å². The van der Waals surface area contributed by atoms with Gasteiger partial charge in [0.15, 0.2) is 22.9 Å². The van der Waals surface area contributed by atoms with E-state index in [4.69, 9.17) is 23.1 Å². The van der Waals surface area contributed by atoms with Crippen LogP contribution in [0.4, 0.5) is 4.79 Å². The number of rotatable bonds is 21. The van der Waals surface area contributed by atoms with Crippen LogP contribution in [0.25, 0.3) is 0 Å². The Kier molecular flexibility index (Phi) is 18.3. The smallest absolute Gasteiger partial charge is 0.408 e. The number of carboxylic acid groups (broad SMARTS) is 1. The molecule has 0 bridgehead atoms. The van der Waals surface area contributed by atoms with E-state index in [1.54, 1.807) is 48.5 Å². The molecule has 1 aliphatic rings. The third kappa shape index (κ3) is 13.7. The number of alkyl carbamates (subject to hydrolysis) is 1.